The minimum absolute atomic E-state index is 0.0345. The Balaban J connectivity index is 1.56. The van der Waals surface area contributed by atoms with Crippen LogP contribution in [0.25, 0.3) is 16.7 Å². The lowest BCUT2D eigenvalue weighted by atomic mass is 9.34. The molecule has 6 rings (SSSR count). The van der Waals surface area contributed by atoms with Crippen molar-refractivity contribution in [1.29, 1.82) is 0 Å². The Morgan fingerprint density at radius 3 is 2.32 bits per heavy atom. The zero-order valence-electron chi connectivity index (χ0n) is 19.0. The van der Waals surface area contributed by atoms with Crippen molar-refractivity contribution in [1.82, 2.24) is 0 Å². The van der Waals surface area contributed by atoms with E-state index in [1.165, 1.54) is 16.7 Å². The van der Waals surface area contributed by atoms with Gasteiger partial charge in [0, 0.05) is 5.46 Å². The summed E-state index contributed by atoms with van der Waals surface area (Å²) in [5.74, 6) is 3.44. The first-order valence-electron chi connectivity index (χ1n) is 11.5. The highest BCUT2D eigenvalue weighted by Crippen LogP contribution is 2.36. The molecule has 2 nitrogen and oxygen atoms in total. The maximum absolute atomic E-state index is 6.42. The maximum atomic E-state index is 6.42. The van der Waals surface area contributed by atoms with E-state index < -0.39 is 0 Å². The highest BCUT2D eigenvalue weighted by molar-refractivity contribution is 6.98. The van der Waals surface area contributed by atoms with Crippen molar-refractivity contribution in [2.75, 3.05) is 0 Å². The summed E-state index contributed by atoms with van der Waals surface area (Å²) in [6.07, 6.45) is 5.58. The van der Waals surface area contributed by atoms with Crippen LogP contribution in [0.4, 0.5) is 0 Å². The van der Waals surface area contributed by atoms with E-state index in [0.717, 1.165) is 50.5 Å². The van der Waals surface area contributed by atoms with Crippen molar-refractivity contribution < 1.29 is 9.47 Å². The van der Waals surface area contributed by atoms with Gasteiger partial charge in [0.15, 0.2) is 0 Å². The molecule has 0 unspecified atom stereocenters. The number of ether oxygens (including phenoxy) is 2. The van der Waals surface area contributed by atoms with Crippen LogP contribution < -0.4 is 25.9 Å². The maximum Gasteiger partial charge on any atom is 0.260 e. The number of hydrogen-bond acceptors (Lipinski definition) is 2. The number of hydrogen-bond donors (Lipinski definition) is 0. The van der Waals surface area contributed by atoms with Gasteiger partial charge in [-0.3, -0.25) is 0 Å². The molecule has 4 aromatic rings. The van der Waals surface area contributed by atoms with Gasteiger partial charge in [0.25, 0.3) is 6.71 Å². The van der Waals surface area contributed by atoms with Crippen molar-refractivity contribution in [3.63, 3.8) is 0 Å². The normalized spacial score (nSPS) is 13.1. The van der Waals surface area contributed by atoms with Gasteiger partial charge in [-0.15, -0.1) is 0 Å². The third-order valence-electron chi connectivity index (χ3n) is 6.71. The van der Waals surface area contributed by atoms with Gasteiger partial charge >= 0.3 is 0 Å². The van der Waals surface area contributed by atoms with E-state index in [0.29, 0.717) is 0 Å². The number of aryl methyl sites for hydroxylation is 1. The van der Waals surface area contributed by atoms with E-state index in [1.807, 2.05) is 30.4 Å². The van der Waals surface area contributed by atoms with E-state index in [4.69, 9.17) is 9.47 Å². The zero-order valence-corrected chi connectivity index (χ0v) is 19.0. The van der Waals surface area contributed by atoms with Crippen LogP contribution in [-0.4, -0.2) is 6.71 Å². The summed E-state index contributed by atoms with van der Waals surface area (Å²) in [4.78, 5) is 0. The lowest BCUT2D eigenvalue weighted by Crippen LogP contribution is -2.57. The van der Waals surface area contributed by atoms with E-state index in [2.05, 4.69) is 80.7 Å². The summed E-state index contributed by atoms with van der Waals surface area (Å²) in [5, 5.41) is 0. The fraction of sp³-hybridized carbons (Fsp3) is 0.0323. The van der Waals surface area contributed by atoms with Crippen molar-refractivity contribution in [2.45, 2.75) is 6.92 Å². The first-order valence-corrected chi connectivity index (χ1v) is 11.5. The number of allylic oxidation sites excluding steroid dienone is 4. The molecule has 162 valence electrons. The number of benzene rings is 4. The van der Waals surface area contributed by atoms with Crippen LogP contribution in [0.5, 0.6) is 23.0 Å². The first kappa shape index (κ1) is 20.4. The third-order valence-corrected chi connectivity index (χ3v) is 6.71. The lowest BCUT2D eigenvalue weighted by Gasteiger charge is -2.33. The largest absolute Gasteiger partial charge is 0.458 e. The van der Waals surface area contributed by atoms with Crippen LogP contribution in [0.3, 0.4) is 0 Å². The minimum Gasteiger partial charge on any atom is -0.458 e. The first-order chi connectivity index (χ1) is 16.7. The van der Waals surface area contributed by atoms with Gasteiger partial charge in [0.2, 0.25) is 0 Å². The summed E-state index contributed by atoms with van der Waals surface area (Å²) in [6, 6.07) is 27.4. The third kappa shape index (κ3) is 3.13. The topological polar surface area (TPSA) is 18.5 Å². The SMILES string of the molecule is C=C/C=C(\C=C)c1ccc2c(c1)Oc1cccc3c1B2c1cc(-c2ccccc2C)ccc1O3. The van der Waals surface area contributed by atoms with Crippen LogP contribution >= 0.6 is 0 Å². The van der Waals surface area contributed by atoms with Crippen molar-refractivity contribution in [2.24, 2.45) is 0 Å². The monoisotopic (exact) mass is 438 g/mol. The van der Waals surface area contributed by atoms with E-state index in [9.17, 15) is 0 Å². The molecule has 3 heteroatoms. The second-order valence-corrected chi connectivity index (χ2v) is 8.69. The number of rotatable bonds is 4. The molecule has 0 spiro atoms. The molecule has 4 aromatic carbocycles. The molecule has 0 saturated carbocycles. The Bertz CT molecular complexity index is 1510. The molecule has 34 heavy (non-hydrogen) atoms. The van der Waals surface area contributed by atoms with Gasteiger partial charge in [-0.05, 0) is 69.9 Å². The smallest absolute Gasteiger partial charge is 0.260 e. The van der Waals surface area contributed by atoms with Crippen LogP contribution in [0, 0.1) is 6.92 Å². The molecule has 2 aliphatic rings. The van der Waals surface area contributed by atoms with Gasteiger partial charge in [0.1, 0.15) is 23.0 Å². The van der Waals surface area contributed by atoms with Gasteiger partial charge in [-0.25, -0.2) is 0 Å². The predicted octanol–water partition coefficient (Wildman–Crippen LogP) is 6.15. The van der Waals surface area contributed by atoms with Gasteiger partial charge < -0.3 is 9.47 Å². The summed E-state index contributed by atoms with van der Waals surface area (Å²) >= 11 is 0. The molecule has 0 aliphatic carbocycles. The lowest BCUT2D eigenvalue weighted by molar-refractivity contribution is 0.464. The van der Waals surface area contributed by atoms with Crippen LogP contribution in [0.15, 0.2) is 110 Å². The molecule has 0 radical (unpaired) electrons. The Morgan fingerprint density at radius 1 is 0.765 bits per heavy atom. The molecule has 2 heterocycles. The van der Waals surface area contributed by atoms with E-state index in [1.54, 1.807) is 6.08 Å². The summed E-state index contributed by atoms with van der Waals surface area (Å²) in [6.45, 7) is 9.97. The standard InChI is InChI=1S/C31H23BO2/c1-4-9-21(5-2)22-14-16-25-30(19-22)34-29-13-8-12-28-31(29)32(25)26-18-23(15-17-27(26)33-28)24-11-7-6-10-20(24)3/h4-19H,1-2H2,3H3/b21-9+. The quantitative estimate of drug-likeness (QED) is 0.243. The van der Waals surface area contributed by atoms with Crippen molar-refractivity contribution in [3.05, 3.63) is 121 Å². The van der Waals surface area contributed by atoms with Crippen LogP contribution in [-0.2, 0) is 0 Å². The fourth-order valence-electron chi connectivity index (χ4n) is 5.08. The molecule has 0 fully saturated rings. The molecule has 0 atom stereocenters. The fourth-order valence-corrected chi connectivity index (χ4v) is 5.08. The van der Waals surface area contributed by atoms with E-state index >= 15 is 0 Å². The van der Waals surface area contributed by atoms with Crippen LogP contribution in [0.1, 0.15) is 11.1 Å². The second kappa shape index (κ2) is 7.96. The van der Waals surface area contributed by atoms with Gasteiger partial charge in [-0.1, -0.05) is 86.0 Å². The zero-order chi connectivity index (χ0) is 23.2. The molecule has 2 aliphatic heterocycles. The highest BCUT2D eigenvalue weighted by Gasteiger charge is 2.40. The van der Waals surface area contributed by atoms with Crippen molar-refractivity contribution in [3.8, 4) is 34.1 Å². The van der Waals surface area contributed by atoms with Crippen molar-refractivity contribution >= 4 is 28.7 Å². The Morgan fingerprint density at radius 2 is 1.56 bits per heavy atom. The average Bonchev–Trinajstić information content (AvgIpc) is 2.87. The summed E-state index contributed by atoms with van der Waals surface area (Å²) < 4.78 is 12.8. The minimum atomic E-state index is 0.0345. The molecule has 0 bridgehead atoms. The molecule has 0 aromatic heterocycles. The molecule has 0 amide bonds. The predicted molar refractivity (Wildman–Crippen MR) is 143 cm³/mol. The Kier molecular flexibility index (Phi) is 4.77. The molecule has 0 N–H and O–H groups in total. The molecular formula is C31H23BO2. The summed E-state index contributed by atoms with van der Waals surface area (Å²) in [7, 11) is 0. The van der Waals surface area contributed by atoms with Gasteiger partial charge in [-0.2, -0.15) is 0 Å². The van der Waals surface area contributed by atoms with Gasteiger partial charge in [0.05, 0.1) is 0 Å². The molecule has 0 saturated heterocycles. The Labute approximate surface area is 200 Å². The average molecular weight is 438 g/mol. The summed E-state index contributed by atoms with van der Waals surface area (Å²) in [5.41, 5.74) is 9.11. The van der Waals surface area contributed by atoms with E-state index in [-0.39, 0.29) is 6.71 Å². The second-order valence-electron chi connectivity index (χ2n) is 8.69. The Hall–Kier alpha value is -4.24. The highest BCUT2D eigenvalue weighted by atomic mass is 16.5. The van der Waals surface area contributed by atoms with Crippen LogP contribution in [0.2, 0.25) is 0 Å². The number of fused-ring (bicyclic) bond motifs is 4. The molecular weight excluding hydrogens is 415 g/mol.